The molecule has 2 fully saturated rings. The number of anilines is 2. The van der Waals surface area contributed by atoms with Crippen LogP contribution in [-0.4, -0.2) is 31.1 Å². The number of hydrogen-bond acceptors (Lipinski definition) is 5. The minimum Gasteiger partial charge on any atom is -0.393 e. The third kappa shape index (κ3) is 1.78. The molecule has 0 aromatic heterocycles. The van der Waals surface area contributed by atoms with Crippen LogP contribution in [-0.2, 0) is 0 Å². The number of nitro benzene ring substituents is 1. The van der Waals surface area contributed by atoms with Crippen molar-refractivity contribution in [2.24, 2.45) is 11.8 Å². The summed E-state index contributed by atoms with van der Waals surface area (Å²) in [5.41, 5.74) is 6.95. The highest BCUT2D eigenvalue weighted by Gasteiger charge is 2.36. The second-order valence-electron chi connectivity index (χ2n) is 5.08. The highest BCUT2D eigenvalue weighted by molar-refractivity contribution is 5.67. The van der Waals surface area contributed by atoms with E-state index in [1.54, 1.807) is 12.1 Å². The molecule has 2 aliphatic heterocycles. The molecule has 6 nitrogen and oxygen atoms in total. The van der Waals surface area contributed by atoms with Crippen LogP contribution in [0.5, 0.6) is 0 Å². The molecule has 0 aliphatic carbocycles. The number of nitrogens with one attached hydrogen (secondary N) is 1. The monoisotopic (exact) mass is 248 g/mol. The van der Waals surface area contributed by atoms with Crippen molar-refractivity contribution in [3.8, 4) is 0 Å². The van der Waals surface area contributed by atoms with Crippen molar-refractivity contribution in [3.05, 3.63) is 28.3 Å². The van der Waals surface area contributed by atoms with E-state index in [2.05, 4.69) is 10.2 Å². The standard InChI is InChI=1S/C12H16N4O2/c13-11-3-10(1-2-12(11)16(17)18)15-6-8-4-14-5-9(8)7-15/h1-3,8-9,14H,4-7,13H2/t8-,9+. The molecule has 2 heterocycles. The van der Waals surface area contributed by atoms with Crippen LogP contribution in [0.1, 0.15) is 0 Å². The number of hydrogen-bond donors (Lipinski definition) is 2. The van der Waals surface area contributed by atoms with Gasteiger partial charge in [0.2, 0.25) is 0 Å². The van der Waals surface area contributed by atoms with E-state index in [1.165, 1.54) is 6.07 Å². The summed E-state index contributed by atoms with van der Waals surface area (Å²) in [6.07, 6.45) is 0. The molecular formula is C12H16N4O2. The quantitative estimate of drug-likeness (QED) is 0.460. The van der Waals surface area contributed by atoms with E-state index in [4.69, 9.17) is 5.73 Å². The number of fused-ring (bicyclic) bond motifs is 1. The van der Waals surface area contributed by atoms with E-state index in [9.17, 15) is 10.1 Å². The van der Waals surface area contributed by atoms with E-state index in [0.717, 1.165) is 31.9 Å². The van der Waals surface area contributed by atoms with Crippen molar-refractivity contribution in [3.63, 3.8) is 0 Å². The zero-order chi connectivity index (χ0) is 12.7. The van der Waals surface area contributed by atoms with Crippen LogP contribution in [0.3, 0.4) is 0 Å². The van der Waals surface area contributed by atoms with Crippen LogP contribution >= 0.6 is 0 Å². The van der Waals surface area contributed by atoms with Crippen molar-refractivity contribution in [1.82, 2.24) is 5.32 Å². The van der Waals surface area contributed by atoms with Crippen molar-refractivity contribution < 1.29 is 4.92 Å². The first-order valence-corrected chi connectivity index (χ1v) is 6.14. The second kappa shape index (κ2) is 4.13. The van der Waals surface area contributed by atoms with Crippen molar-refractivity contribution in [2.75, 3.05) is 36.8 Å². The molecule has 0 bridgehead atoms. The predicted octanol–water partition coefficient (Wildman–Crippen LogP) is 0.833. The molecule has 18 heavy (non-hydrogen) atoms. The number of nitrogens with two attached hydrogens (primary N) is 1. The summed E-state index contributed by atoms with van der Waals surface area (Å²) in [4.78, 5) is 12.5. The fraction of sp³-hybridized carbons (Fsp3) is 0.500. The Morgan fingerprint density at radius 2 is 2.00 bits per heavy atom. The maximum atomic E-state index is 10.7. The Hall–Kier alpha value is -1.82. The molecule has 0 saturated carbocycles. The van der Waals surface area contributed by atoms with Gasteiger partial charge < -0.3 is 16.0 Å². The smallest absolute Gasteiger partial charge is 0.292 e. The van der Waals surface area contributed by atoms with Gasteiger partial charge in [-0.2, -0.15) is 0 Å². The molecule has 96 valence electrons. The zero-order valence-corrected chi connectivity index (χ0v) is 10.0. The molecule has 2 saturated heterocycles. The Bertz CT molecular complexity index is 479. The van der Waals surface area contributed by atoms with E-state index < -0.39 is 4.92 Å². The molecule has 1 aromatic rings. The highest BCUT2D eigenvalue weighted by Crippen LogP contribution is 2.33. The van der Waals surface area contributed by atoms with Crippen molar-refractivity contribution >= 4 is 17.1 Å². The van der Waals surface area contributed by atoms with Gasteiger partial charge in [0.15, 0.2) is 0 Å². The summed E-state index contributed by atoms with van der Waals surface area (Å²) in [5, 5.41) is 14.1. The maximum Gasteiger partial charge on any atom is 0.292 e. The lowest BCUT2D eigenvalue weighted by Gasteiger charge is -2.20. The van der Waals surface area contributed by atoms with E-state index in [-0.39, 0.29) is 11.4 Å². The summed E-state index contributed by atoms with van der Waals surface area (Å²) < 4.78 is 0. The van der Waals surface area contributed by atoms with Crippen LogP contribution in [0, 0.1) is 22.0 Å². The summed E-state index contributed by atoms with van der Waals surface area (Å²) in [7, 11) is 0. The lowest BCUT2D eigenvalue weighted by molar-refractivity contribution is -0.383. The molecule has 1 aromatic carbocycles. The van der Waals surface area contributed by atoms with E-state index >= 15 is 0 Å². The Labute approximate surface area is 105 Å². The van der Waals surface area contributed by atoms with Gasteiger partial charge in [-0.05, 0) is 24.0 Å². The minimum absolute atomic E-state index is 0.0141. The average Bonchev–Trinajstić information content (AvgIpc) is 2.87. The first-order valence-electron chi connectivity index (χ1n) is 6.14. The zero-order valence-electron chi connectivity index (χ0n) is 10.0. The van der Waals surface area contributed by atoms with Gasteiger partial charge in [0, 0.05) is 37.9 Å². The number of nitro groups is 1. The van der Waals surface area contributed by atoms with Gasteiger partial charge in [-0.1, -0.05) is 0 Å². The van der Waals surface area contributed by atoms with Gasteiger partial charge in [0.25, 0.3) is 5.69 Å². The molecule has 2 atom stereocenters. The van der Waals surface area contributed by atoms with Crippen LogP contribution < -0.4 is 16.0 Å². The predicted molar refractivity (Wildman–Crippen MR) is 69.6 cm³/mol. The fourth-order valence-electron chi connectivity index (χ4n) is 2.97. The molecule has 3 rings (SSSR count). The topological polar surface area (TPSA) is 84.4 Å². The molecule has 0 amide bonds. The molecule has 0 unspecified atom stereocenters. The summed E-state index contributed by atoms with van der Waals surface area (Å²) in [5.74, 6) is 1.39. The summed E-state index contributed by atoms with van der Waals surface area (Å²) in [6, 6.07) is 5.01. The summed E-state index contributed by atoms with van der Waals surface area (Å²) in [6.45, 7) is 4.16. The molecule has 0 spiro atoms. The number of nitrogens with zero attached hydrogens (tertiary/aromatic N) is 2. The first kappa shape index (κ1) is 11.3. The Morgan fingerprint density at radius 1 is 1.33 bits per heavy atom. The molecule has 6 heteroatoms. The number of rotatable bonds is 2. The van der Waals surface area contributed by atoms with Crippen LogP contribution in [0.4, 0.5) is 17.1 Å². The van der Waals surface area contributed by atoms with Crippen LogP contribution in [0.25, 0.3) is 0 Å². The molecular weight excluding hydrogens is 232 g/mol. The Balaban J connectivity index is 1.81. The van der Waals surface area contributed by atoms with Gasteiger partial charge in [-0.3, -0.25) is 10.1 Å². The fourth-order valence-corrected chi connectivity index (χ4v) is 2.97. The lowest BCUT2D eigenvalue weighted by Crippen LogP contribution is -2.25. The molecule has 2 aliphatic rings. The van der Waals surface area contributed by atoms with Gasteiger partial charge >= 0.3 is 0 Å². The Kier molecular flexibility index (Phi) is 2.59. The van der Waals surface area contributed by atoms with Crippen LogP contribution in [0.2, 0.25) is 0 Å². The molecule has 3 N–H and O–H groups in total. The third-order valence-corrected chi connectivity index (χ3v) is 3.96. The summed E-state index contributed by atoms with van der Waals surface area (Å²) >= 11 is 0. The van der Waals surface area contributed by atoms with Gasteiger partial charge in [0.05, 0.1) is 4.92 Å². The maximum absolute atomic E-state index is 10.7. The van der Waals surface area contributed by atoms with Gasteiger partial charge in [-0.15, -0.1) is 0 Å². The van der Waals surface area contributed by atoms with Crippen molar-refractivity contribution in [2.45, 2.75) is 0 Å². The van der Waals surface area contributed by atoms with Gasteiger partial charge in [0.1, 0.15) is 5.69 Å². The normalized spacial score (nSPS) is 26.3. The van der Waals surface area contributed by atoms with E-state index in [1.807, 2.05) is 0 Å². The molecule has 0 radical (unpaired) electrons. The average molecular weight is 248 g/mol. The lowest BCUT2D eigenvalue weighted by atomic mass is 10.0. The largest absolute Gasteiger partial charge is 0.393 e. The first-order chi connectivity index (χ1) is 8.65. The highest BCUT2D eigenvalue weighted by atomic mass is 16.6. The minimum atomic E-state index is -0.443. The number of benzene rings is 1. The van der Waals surface area contributed by atoms with Crippen molar-refractivity contribution in [1.29, 1.82) is 0 Å². The SMILES string of the molecule is Nc1cc(N2C[C@H]3CNC[C@H]3C2)ccc1[N+](=O)[O-]. The van der Waals surface area contributed by atoms with Crippen LogP contribution in [0.15, 0.2) is 18.2 Å². The Morgan fingerprint density at radius 3 is 2.56 bits per heavy atom. The second-order valence-corrected chi connectivity index (χ2v) is 5.08. The van der Waals surface area contributed by atoms with Gasteiger partial charge in [-0.25, -0.2) is 0 Å². The van der Waals surface area contributed by atoms with E-state index in [0.29, 0.717) is 11.8 Å². The number of nitrogen functional groups attached to an aromatic ring is 1. The third-order valence-electron chi connectivity index (χ3n) is 3.96.